The van der Waals surface area contributed by atoms with Crippen LogP contribution in [-0.4, -0.2) is 88.0 Å². The molecule has 0 spiro atoms. The smallest absolute Gasteiger partial charge is 0.410 e. The van der Waals surface area contributed by atoms with Gasteiger partial charge in [-0.2, -0.15) is 5.10 Å². The number of amides is 1. The average molecular weight is 476 g/mol. The maximum atomic E-state index is 12.4. The molecule has 1 amide bonds. The Bertz CT molecular complexity index is 985. The molecule has 1 aromatic carbocycles. The number of fused-ring (bicyclic) bond motifs is 1. The molecule has 4 rings (SSSR count). The fourth-order valence-corrected chi connectivity index (χ4v) is 5.18. The van der Waals surface area contributed by atoms with E-state index in [0.717, 1.165) is 61.7 Å². The van der Waals surface area contributed by atoms with Gasteiger partial charge in [-0.15, -0.1) is 0 Å². The van der Waals surface area contributed by atoms with Crippen LogP contribution in [0, 0.1) is 5.92 Å². The summed E-state index contributed by atoms with van der Waals surface area (Å²) < 4.78 is 7.43. The van der Waals surface area contributed by atoms with E-state index >= 15 is 0 Å². The number of halogens is 1. The van der Waals surface area contributed by atoms with Crippen molar-refractivity contribution < 1.29 is 9.53 Å². The molecular formula is C25H38ClN5O2. The zero-order valence-electron chi connectivity index (χ0n) is 20.8. The summed E-state index contributed by atoms with van der Waals surface area (Å²) in [6.45, 7) is 16.8. The minimum absolute atomic E-state index is 0.197. The highest BCUT2D eigenvalue weighted by Gasteiger charge is 2.36. The predicted octanol–water partition coefficient (Wildman–Crippen LogP) is 4.20. The Balaban J connectivity index is 1.32. The van der Waals surface area contributed by atoms with Gasteiger partial charge in [-0.05, 0) is 44.4 Å². The molecule has 2 saturated heterocycles. The van der Waals surface area contributed by atoms with Crippen molar-refractivity contribution in [3.63, 3.8) is 0 Å². The Morgan fingerprint density at radius 2 is 1.85 bits per heavy atom. The molecule has 7 nitrogen and oxygen atoms in total. The molecule has 33 heavy (non-hydrogen) atoms. The lowest BCUT2D eigenvalue weighted by atomic mass is 9.87. The average Bonchev–Trinajstić information content (AvgIpc) is 3.06. The van der Waals surface area contributed by atoms with Crippen molar-refractivity contribution in [1.82, 2.24) is 24.5 Å². The maximum Gasteiger partial charge on any atom is 0.410 e. The molecule has 2 aromatic rings. The lowest BCUT2D eigenvalue weighted by Crippen LogP contribution is -2.58. The molecule has 8 heteroatoms. The number of piperazine rings is 1. The Labute approximate surface area is 202 Å². The first-order valence-corrected chi connectivity index (χ1v) is 12.4. The first kappa shape index (κ1) is 24.3. The van der Waals surface area contributed by atoms with Crippen molar-refractivity contribution in [1.29, 1.82) is 0 Å². The second-order valence-electron chi connectivity index (χ2n) is 10.9. The summed E-state index contributed by atoms with van der Waals surface area (Å²) in [5, 5.41) is 6.16. The third kappa shape index (κ3) is 5.47. The fourth-order valence-electron chi connectivity index (χ4n) is 4.91. The minimum atomic E-state index is -0.448. The maximum absolute atomic E-state index is 12.4. The molecule has 2 fully saturated rings. The molecule has 3 heterocycles. The highest BCUT2D eigenvalue weighted by molar-refractivity contribution is 6.35. The summed E-state index contributed by atoms with van der Waals surface area (Å²) in [6.07, 6.45) is 1.64. The topological polar surface area (TPSA) is 53.8 Å². The van der Waals surface area contributed by atoms with E-state index in [9.17, 15) is 4.79 Å². The summed E-state index contributed by atoms with van der Waals surface area (Å²) in [5.74, 6) is 1.07. The van der Waals surface area contributed by atoms with E-state index in [1.54, 1.807) is 0 Å². The first-order chi connectivity index (χ1) is 15.5. The molecule has 1 atom stereocenters. The molecule has 0 aliphatic carbocycles. The quantitative estimate of drug-likeness (QED) is 0.648. The van der Waals surface area contributed by atoms with E-state index in [4.69, 9.17) is 16.3 Å². The van der Waals surface area contributed by atoms with Gasteiger partial charge in [-0.3, -0.25) is 14.5 Å². The van der Waals surface area contributed by atoms with Gasteiger partial charge in [0.25, 0.3) is 0 Å². The van der Waals surface area contributed by atoms with E-state index in [1.807, 2.05) is 43.6 Å². The van der Waals surface area contributed by atoms with Gasteiger partial charge in [0.2, 0.25) is 0 Å². The van der Waals surface area contributed by atoms with E-state index in [-0.39, 0.29) is 6.09 Å². The third-order valence-electron chi connectivity index (χ3n) is 6.93. The second kappa shape index (κ2) is 9.43. The van der Waals surface area contributed by atoms with Crippen LogP contribution in [0.3, 0.4) is 0 Å². The van der Waals surface area contributed by atoms with Gasteiger partial charge in [0.05, 0.1) is 16.7 Å². The van der Waals surface area contributed by atoms with Crippen molar-refractivity contribution in [2.75, 3.05) is 45.8 Å². The van der Waals surface area contributed by atoms with Crippen LogP contribution in [0.4, 0.5) is 4.79 Å². The zero-order chi connectivity index (χ0) is 23.9. The van der Waals surface area contributed by atoms with Crippen LogP contribution in [0.5, 0.6) is 0 Å². The number of hydrogen-bond donors (Lipinski definition) is 0. The molecule has 0 radical (unpaired) electrons. The summed E-state index contributed by atoms with van der Waals surface area (Å²) in [6, 6.07) is 4.87. The SMILES string of the molecule is CC(C)[C@@H](CN1CCN(C(=O)OC(C)(C)C)CC1)N1CC(c2cc(Cl)c3cnn(C)c3c2)C1. The van der Waals surface area contributed by atoms with Crippen LogP contribution in [0.1, 0.15) is 46.1 Å². The Kier molecular flexibility index (Phi) is 6.95. The number of rotatable bonds is 5. The first-order valence-electron chi connectivity index (χ1n) is 12.1. The Morgan fingerprint density at radius 1 is 1.18 bits per heavy atom. The molecule has 0 N–H and O–H groups in total. The van der Waals surface area contributed by atoms with Crippen LogP contribution in [0.25, 0.3) is 10.9 Å². The molecule has 2 aliphatic rings. The van der Waals surface area contributed by atoms with Gasteiger partial charge in [-0.25, -0.2) is 4.79 Å². The number of ether oxygens (including phenoxy) is 1. The molecule has 0 unspecified atom stereocenters. The van der Waals surface area contributed by atoms with Crippen molar-refractivity contribution in [2.24, 2.45) is 13.0 Å². The lowest BCUT2D eigenvalue weighted by molar-refractivity contribution is 0.00375. The predicted molar refractivity (Wildman–Crippen MR) is 133 cm³/mol. The number of likely N-dealkylation sites (tertiary alicyclic amines) is 1. The van der Waals surface area contributed by atoms with Crippen LogP contribution in [0.2, 0.25) is 5.02 Å². The number of aromatic nitrogens is 2. The Hall–Kier alpha value is -1.83. The van der Waals surface area contributed by atoms with Crippen LogP contribution < -0.4 is 0 Å². The number of aryl methyl sites for hydroxylation is 1. The zero-order valence-corrected chi connectivity index (χ0v) is 21.6. The van der Waals surface area contributed by atoms with E-state index in [0.29, 0.717) is 17.9 Å². The Morgan fingerprint density at radius 3 is 2.45 bits per heavy atom. The largest absolute Gasteiger partial charge is 0.444 e. The van der Waals surface area contributed by atoms with Gasteiger partial charge < -0.3 is 9.64 Å². The van der Waals surface area contributed by atoms with Gasteiger partial charge in [0.1, 0.15) is 5.60 Å². The minimum Gasteiger partial charge on any atom is -0.444 e. The molecule has 182 valence electrons. The van der Waals surface area contributed by atoms with Crippen molar-refractivity contribution in [3.05, 3.63) is 28.9 Å². The number of nitrogens with zero attached hydrogens (tertiary/aromatic N) is 5. The van der Waals surface area contributed by atoms with E-state index in [2.05, 4.69) is 40.9 Å². The second-order valence-corrected chi connectivity index (χ2v) is 11.3. The summed E-state index contributed by atoms with van der Waals surface area (Å²) >= 11 is 6.54. The molecular weight excluding hydrogens is 438 g/mol. The van der Waals surface area contributed by atoms with Crippen LogP contribution in [-0.2, 0) is 11.8 Å². The number of carbonyl (C=O) groups excluding carboxylic acids is 1. The molecule has 0 saturated carbocycles. The third-order valence-corrected chi connectivity index (χ3v) is 7.24. The van der Waals surface area contributed by atoms with Crippen LogP contribution >= 0.6 is 11.6 Å². The molecule has 2 aliphatic heterocycles. The fraction of sp³-hybridized carbons (Fsp3) is 0.680. The van der Waals surface area contributed by atoms with Crippen LogP contribution in [0.15, 0.2) is 18.3 Å². The van der Waals surface area contributed by atoms with Crippen molar-refractivity contribution in [3.8, 4) is 0 Å². The summed E-state index contributed by atoms with van der Waals surface area (Å²) in [5.41, 5.74) is 1.95. The van der Waals surface area contributed by atoms with Gasteiger partial charge in [0, 0.05) is 70.2 Å². The number of carbonyl (C=O) groups is 1. The van der Waals surface area contributed by atoms with Crippen molar-refractivity contribution >= 4 is 28.6 Å². The molecule has 1 aromatic heterocycles. The molecule has 0 bridgehead atoms. The highest BCUT2D eigenvalue weighted by atomic mass is 35.5. The number of hydrogen-bond acceptors (Lipinski definition) is 5. The standard InChI is InChI=1S/C25H38ClN5O2/c1-17(2)23(16-29-7-9-30(10-8-29)24(32)33-25(3,4)5)31-14-19(15-31)18-11-21(26)20-13-27-28(6)22(20)12-18/h11-13,17,19,23H,7-10,14-16H2,1-6H3/t23-/m1/s1. The van der Waals surface area contributed by atoms with E-state index in [1.165, 1.54) is 5.56 Å². The van der Waals surface area contributed by atoms with Gasteiger partial charge in [-0.1, -0.05) is 25.4 Å². The normalized spacial score (nSPS) is 19.8. The van der Waals surface area contributed by atoms with E-state index < -0.39 is 5.60 Å². The highest BCUT2D eigenvalue weighted by Crippen LogP contribution is 2.35. The van der Waals surface area contributed by atoms with Gasteiger partial charge in [0.15, 0.2) is 0 Å². The monoisotopic (exact) mass is 475 g/mol. The number of benzene rings is 1. The van der Waals surface area contributed by atoms with Crippen molar-refractivity contribution in [2.45, 2.75) is 52.2 Å². The summed E-state index contributed by atoms with van der Waals surface area (Å²) in [4.78, 5) is 19.3. The summed E-state index contributed by atoms with van der Waals surface area (Å²) in [7, 11) is 1.97. The van der Waals surface area contributed by atoms with Gasteiger partial charge >= 0.3 is 6.09 Å². The lowest BCUT2D eigenvalue weighted by Gasteiger charge is -2.48.